The number of nitrogens with one attached hydrogen (secondary N) is 1. The zero-order chi connectivity index (χ0) is 11.1. The largest absolute Gasteiger partial charge is 0.351 e. The summed E-state index contributed by atoms with van der Waals surface area (Å²) in [7, 11) is 0. The van der Waals surface area contributed by atoms with Gasteiger partial charge in [-0.25, -0.2) is 0 Å². The van der Waals surface area contributed by atoms with Crippen LogP contribution in [0.4, 0.5) is 0 Å². The Morgan fingerprint density at radius 3 is 2.36 bits per heavy atom. The third-order valence-electron chi connectivity index (χ3n) is 2.16. The molecule has 0 aromatic rings. The van der Waals surface area contributed by atoms with E-state index in [0.29, 0.717) is 18.9 Å². The molecule has 0 radical (unpaired) electrons. The number of carbonyl (C=O) groups is 1. The van der Waals surface area contributed by atoms with Crippen LogP contribution in [0.3, 0.4) is 0 Å². The molecule has 0 fully saturated rings. The molecule has 1 unspecified atom stereocenters. The summed E-state index contributed by atoms with van der Waals surface area (Å²) in [4.78, 5) is 11.4. The third-order valence-corrected chi connectivity index (χ3v) is 2.16. The molecule has 0 saturated heterocycles. The van der Waals surface area contributed by atoms with Gasteiger partial charge in [-0.15, -0.1) is 0 Å². The molecular formula is C10H23N3O. The highest BCUT2D eigenvalue weighted by atomic mass is 16.2. The molecular weight excluding hydrogens is 178 g/mol. The lowest BCUT2D eigenvalue weighted by molar-refractivity contribution is -0.123. The fourth-order valence-electron chi connectivity index (χ4n) is 1.28. The van der Waals surface area contributed by atoms with Crippen LogP contribution in [0.5, 0.6) is 0 Å². The normalized spacial score (nSPS) is 15.3. The molecule has 0 saturated carbocycles. The van der Waals surface area contributed by atoms with Crippen molar-refractivity contribution in [1.29, 1.82) is 0 Å². The molecule has 0 heterocycles. The minimum absolute atomic E-state index is 0.0556. The van der Waals surface area contributed by atoms with Gasteiger partial charge in [0.15, 0.2) is 0 Å². The molecule has 0 aliphatic carbocycles. The molecule has 0 aliphatic rings. The lowest BCUT2D eigenvalue weighted by Gasteiger charge is -2.20. The molecule has 0 aromatic carbocycles. The van der Waals surface area contributed by atoms with Crippen LogP contribution in [-0.2, 0) is 4.79 Å². The summed E-state index contributed by atoms with van der Waals surface area (Å²) in [5.74, 6) is 0.435. The van der Waals surface area contributed by atoms with Crippen LogP contribution >= 0.6 is 0 Å². The predicted molar refractivity (Wildman–Crippen MR) is 58.7 cm³/mol. The second-order valence-corrected chi connectivity index (χ2v) is 4.09. The molecule has 0 aliphatic heterocycles. The van der Waals surface area contributed by atoms with Crippen LogP contribution in [0.1, 0.15) is 33.6 Å². The van der Waals surface area contributed by atoms with Crippen LogP contribution in [0.15, 0.2) is 0 Å². The second-order valence-electron chi connectivity index (χ2n) is 4.09. The Hall–Kier alpha value is -0.610. The fourth-order valence-corrected chi connectivity index (χ4v) is 1.28. The standard InChI is InChI=1S/C10H23N3O/c1-4-9(12)10(14)13-8(6-11)5-7(2)3/h7-9H,4-6,11-12H2,1-3H3,(H,13,14)/t8?,9-/m0/s1. The molecule has 0 aromatic heterocycles. The molecule has 5 N–H and O–H groups in total. The predicted octanol–water partition coefficient (Wildman–Crippen LogP) is 0.213. The lowest BCUT2D eigenvalue weighted by Crippen LogP contribution is -2.48. The SMILES string of the molecule is CC[C@H](N)C(=O)NC(CN)CC(C)C. The summed E-state index contributed by atoms with van der Waals surface area (Å²) < 4.78 is 0. The van der Waals surface area contributed by atoms with Gasteiger partial charge in [-0.1, -0.05) is 20.8 Å². The highest BCUT2D eigenvalue weighted by molar-refractivity contribution is 5.81. The lowest BCUT2D eigenvalue weighted by atomic mass is 10.0. The van der Waals surface area contributed by atoms with E-state index in [-0.39, 0.29) is 11.9 Å². The van der Waals surface area contributed by atoms with Crippen LogP contribution in [-0.4, -0.2) is 24.5 Å². The zero-order valence-electron chi connectivity index (χ0n) is 9.42. The average molecular weight is 201 g/mol. The molecule has 14 heavy (non-hydrogen) atoms. The van der Waals surface area contributed by atoms with Gasteiger partial charge >= 0.3 is 0 Å². The minimum atomic E-state index is -0.406. The fraction of sp³-hybridized carbons (Fsp3) is 0.900. The molecule has 84 valence electrons. The molecule has 1 amide bonds. The summed E-state index contributed by atoms with van der Waals surface area (Å²) in [6.07, 6.45) is 1.56. The Kier molecular flexibility index (Phi) is 6.49. The Labute approximate surface area is 86.4 Å². The van der Waals surface area contributed by atoms with E-state index in [4.69, 9.17) is 11.5 Å². The van der Waals surface area contributed by atoms with Crippen LogP contribution in [0, 0.1) is 5.92 Å². The van der Waals surface area contributed by atoms with Crippen LogP contribution in [0.25, 0.3) is 0 Å². The Morgan fingerprint density at radius 2 is 2.00 bits per heavy atom. The quantitative estimate of drug-likeness (QED) is 0.575. The first-order chi connectivity index (χ1) is 6.51. The van der Waals surface area contributed by atoms with Crippen LogP contribution in [0.2, 0.25) is 0 Å². The van der Waals surface area contributed by atoms with Crippen molar-refractivity contribution in [2.45, 2.75) is 45.7 Å². The molecule has 4 nitrogen and oxygen atoms in total. The monoisotopic (exact) mass is 201 g/mol. The smallest absolute Gasteiger partial charge is 0.237 e. The van der Waals surface area contributed by atoms with Gasteiger partial charge in [0.1, 0.15) is 0 Å². The number of hydrogen-bond acceptors (Lipinski definition) is 3. The summed E-state index contributed by atoms with van der Waals surface area (Å²) in [6, 6.07) is -0.351. The van der Waals surface area contributed by atoms with Crippen molar-refractivity contribution >= 4 is 5.91 Å². The summed E-state index contributed by atoms with van der Waals surface area (Å²) in [6.45, 7) is 6.58. The van der Waals surface area contributed by atoms with Crippen LogP contribution < -0.4 is 16.8 Å². The Morgan fingerprint density at radius 1 is 1.43 bits per heavy atom. The van der Waals surface area contributed by atoms with E-state index >= 15 is 0 Å². The maximum Gasteiger partial charge on any atom is 0.237 e. The highest BCUT2D eigenvalue weighted by Crippen LogP contribution is 2.03. The third kappa shape index (κ3) is 5.19. The van der Waals surface area contributed by atoms with E-state index in [2.05, 4.69) is 19.2 Å². The summed E-state index contributed by atoms with van der Waals surface area (Å²) >= 11 is 0. The van der Waals surface area contributed by atoms with Crippen molar-refractivity contribution in [3.63, 3.8) is 0 Å². The van der Waals surface area contributed by atoms with Crippen molar-refractivity contribution in [3.05, 3.63) is 0 Å². The van der Waals surface area contributed by atoms with Gasteiger partial charge in [-0.3, -0.25) is 4.79 Å². The van der Waals surface area contributed by atoms with Crippen molar-refractivity contribution in [1.82, 2.24) is 5.32 Å². The molecule has 4 heteroatoms. The van der Waals surface area contributed by atoms with E-state index < -0.39 is 6.04 Å². The van der Waals surface area contributed by atoms with E-state index in [1.807, 2.05) is 6.92 Å². The minimum Gasteiger partial charge on any atom is -0.351 e. The molecule has 0 spiro atoms. The van der Waals surface area contributed by atoms with Crippen molar-refractivity contribution < 1.29 is 4.79 Å². The zero-order valence-corrected chi connectivity index (χ0v) is 9.42. The molecule has 0 rings (SSSR count). The number of carbonyl (C=O) groups excluding carboxylic acids is 1. The summed E-state index contributed by atoms with van der Waals surface area (Å²) in [5.41, 5.74) is 11.2. The first-order valence-corrected chi connectivity index (χ1v) is 5.27. The first-order valence-electron chi connectivity index (χ1n) is 5.27. The Balaban J connectivity index is 3.98. The van der Waals surface area contributed by atoms with Gasteiger partial charge in [0, 0.05) is 12.6 Å². The first kappa shape index (κ1) is 13.4. The maximum atomic E-state index is 11.4. The number of nitrogens with two attached hydrogens (primary N) is 2. The number of rotatable bonds is 6. The topological polar surface area (TPSA) is 81.1 Å². The van der Waals surface area contributed by atoms with Gasteiger partial charge in [-0.05, 0) is 18.8 Å². The second kappa shape index (κ2) is 6.79. The van der Waals surface area contributed by atoms with E-state index in [1.54, 1.807) is 0 Å². The van der Waals surface area contributed by atoms with Gasteiger partial charge in [0.25, 0.3) is 0 Å². The van der Waals surface area contributed by atoms with E-state index in [1.165, 1.54) is 0 Å². The van der Waals surface area contributed by atoms with Gasteiger partial charge in [0.2, 0.25) is 5.91 Å². The number of hydrogen-bond donors (Lipinski definition) is 3. The van der Waals surface area contributed by atoms with Crippen molar-refractivity contribution in [2.24, 2.45) is 17.4 Å². The average Bonchev–Trinajstić information content (AvgIpc) is 2.14. The maximum absolute atomic E-state index is 11.4. The van der Waals surface area contributed by atoms with Gasteiger partial charge in [0.05, 0.1) is 6.04 Å². The molecule has 0 bridgehead atoms. The van der Waals surface area contributed by atoms with E-state index in [9.17, 15) is 4.79 Å². The van der Waals surface area contributed by atoms with Gasteiger partial charge < -0.3 is 16.8 Å². The van der Waals surface area contributed by atoms with E-state index in [0.717, 1.165) is 6.42 Å². The molecule has 2 atom stereocenters. The Bertz CT molecular complexity index is 171. The highest BCUT2D eigenvalue weighted by Gasteiger charge is 2.16. The summed E-state index contributed by atoms with van der Waals surface area (Å²) in [5, 5.41) is 2.86. The number of amides is 1. The van der Waals surface area contributed by atoms with Crippen molar-refractivity contribution in [3.8, 4) is 0 Å². The van der Waals surface area contributed by atoms with Crippen molar-refractivity contribution in [2.75, 3.05) is 6.54 Å². The van der Waals surface area contributed by atoms with Gasteiger partial charge in [-0.2, -0.15) is 0 Å².